The molecule has 0 rings (SSSR count). The summed E-state index contributed by atoms with van der Waals surface area (Å²) in [7, 11) is -4.64. The highest BCUT2D eigenvalue weighted by Gasteiger charge is 2.04. The van der Waals surface area contributed by atoms with Crippen molar-refractivity contribution in [2.45, 2.75) is 0 Å². The molecule has 0 aliphatic rings. The van der Waals surface area contributed by atoms with Crippen molar-refractivity contribution >= 4 is 44.1 Å². The second-order valence-electron chi connectivity index (χ2n) is 1.53. The third-order valence-corrected chi connectivity index (χ3v) is 0.183. The molecular formula is C6H9N4O12P. The van der Waals surface area contributed by atoms with Crippen molar-refractivity contribution in [3.05, 3.63) is 0 Å². The summed E-state index contributed by atoms with van der Waals surface area (Å²) in [6.45, 7) is 0. The molecule has 0 aromatic rings. The van der Waals surface area contributed by atoms with E-state index >= 15 is 0 Å². The van der Waals surface area contributed by atoms with Crippen LogP contribution in [0, 0.1) is 21.6 Å². The van der Waals surface area contributed by atoms with E-state index in [0.717, 1.165) is 24.3 Å². The number of carbonyl (C=O) groups is 2. The van der Waals surface area contributed by atoms with Gasteiger partial charge in [0.05, 0.1) is 0 Å². The van der Waals surface area contributed by atoms with Crippen LogP contribution in [0.4, 0.5) is 0 Å². The molecule has 0 aliphatic heterocycles. The zero-order valence-corrected chi connectivity index (χ0v) is 11.4. The Kier molecular flexibility index (Phi) is 57.8. The van der Waals surface area contributed by atoms with E-state index in [2.05, 4.69) is 0 Å². The summed E-state index contributed by atoms with van der Waals surface area (Å²) in [4.78, 5) is 73.2. The second kappa shape index (κ2) is 36.3. The molecule has 0 bridgehead atoms. The van der Waals surface area contributed by atoms with E-state index in [0.29, 0.717) is 0 Å². The predicted molar refractivity (Wildman–Crippen MR) is 63.2 cm³/mol. The lowest BCUT2D eigenvalue weighted by molar-refractivity contribution is -0.159. The minimum absolute atomic E-state index is 0.750. The van der Waals surface area contributed by atoms with Gasteiger partial charge >= 0.3 is 19.8 Å². The third kappa shape index (κ3) is 15700. The molecule has 130 valence electrons. The zero-order valence-electron chi connectivity index (χ0n) is 10.5. The van der Waals surface area contributed by atoms with Gasteiger partial charge in [0, 0.05) is 0 Å². The molecule has 9 N–H and O–H groups in total. The molecule has 0 saturated heterocycles. The van der Waals surface area contributed by atoms with Crippen LogP contribution in [0.2, 0.25) is 0 Å². The van der Waals surface area contributed by atoms with E-state index in [-0.39, 0.29) is 0 Å². The average molecular weight is 360 g/mol. The van der Waals surface area contributed by atoms with Gasteiger partial charge in [-0.3, -0.25) is 0 Å². The lowest BCUT2D eigenvalue weighted by atomic mass is 10.7. The van der Waals surface area contributed by atoms with Crippen LogP contribution >= 0.6 is 7.82 Å². The summed E-state index contributed by atoms with van der Waals surface area (Å²) >= 11 is 0. The maximum Gasteiger partial charge on any atom is 0.466 e. The Hall–Kier alpha value is -3.43. The number of carboxylic acids is 2. The van der Waals surface area contributed by atoms with Gasteiger partial charge < -0.3 is 24.9 Å². The molecular weight excluding hydrogens is 351 g/mol. The molecule has 17 heteroatoms. The minimum atomic E-state index is -4.64. The monoisotopic (exact) mass is 360 g/mol. The number of hydrogen-bond donors (Lipinski definition) is 9. The van der Waals surface area contributed by atoms with Crippen LogP contribution in [0.1, 0.15) is 0 Å². The molecule has 0 radical (unpaired) electrons. The summed E-state index contributed by atoms with van der Waals surface area (Å²) in [6, 6.07) is 0. The number of carbonyl (C=O) groups excluding carboxylic acids is 4. The van der Waals surface area contributed by atoms with Crippen molar-refractivity contribution in [2.75, 3.05) is 0 Å². The van der Waals surface area contributed by atoms with Crippen LogP contribution in [-0.4, -0.2) is 61.2 Å². The van der Waals surface area contributed by atoms with E-state index < -0.39 is 19.8 Å². The first-order valence-corrected chi connectivity index (χ1v) is 5.27. The second-order valence-corrected chi connectivity index (χ2v) is 2.56. The Labute approximate surface area is 125 Å². The summed E-state index contributed by atoms with van der Waals surface area (Å²) in [5.41, 5.74) is 0. The number of hydrogen-bond acceptors (Lipinski definition) is 11. The van der Waals surface area contributed by atoms with Gasteiger partial charge in [-0.15, -0.1) is 0 Å². The van der Waals surface area contributed by atoms with Gasteiger partial charge in [-0.1, -0.05) is 0 Å². The van der Waals surface area contributed by atoms with Crippen molar-refractivity contribution in [1.82, 2.24) is 0 Å². The molecule has 0 heterocycles. The summed E-state index contributed by atoms with van der Waals surface area (Å²) in [6.07, 6.45) is 3.00. The fourth-order valence-corrected chi connectivity index (χ4v) is 0. The Morgan fingerprint density at radius 2 is 0.696 bits per heavy atom. The van der Waals surface area contributed by atoms with Crippen molar-refractivity contribution in [1.29, 1.82) is 21.6 Å². The highest BCUT2D eigenvalue weighted by atomic mass is 31.2. The van der Waals surface area contributed by atoms with Gasteiger partial charge in [-0.25, -0.2) is 55.0 Å². The molecule has 23 heavy (non-hydrogen) atoms. The maximum atomic E-state index is 9.10. The lowest BCUT2D eigenvalue weighted by Gasteiger charge is -1.82. The van der Waals surface area contributed by atoms with Gasteiger partial charge in [0.15, 0.2) is 0 Å². The molecule has 0 fully saturated rings. The number of phosphoric acid groups is 1. The van der Waals surface area contributed by atoms with Crippen molar-refractivity contribution in [3.63, 3.8) is 0 Å². The standard InChI is InChI=1S/C2H2O4.4CHNO.H3O4P/c3-1(4)2(5)6;4*2-1-3;1-5(2,3)4/h(H,3,4)(H,5,6);4*2H;(H3,1,2,3,4). The largest absolute Gasteiger partial charge is 0.473 e. The van der Waals surface area contributed by atoms with Crippen LogP contribution in [0.5, 0.6) is 0 Å². The fraction of sp³-hybridized carbons (Fsp3) is 0. The molecule has 16 nitrogen and oxygen atoms in total. The van der Waals surface area contributed by atoms with Gasteiger partial charge in [0.1, 0.15) is 0 Å². The quantitative estimate of drug-likeness (QED) is 0.0963. The lowest BCUT2D eigenvalue weighted by Crippen LogP contribution is -2.09. The average Bonchev–Trinajstić information content (AvgIpc) is 2.30. The van der Waals surface area contributed by atoms with Gasteiger partial charge in [0.25, 0.3) is 0 Å². The van der Waals surface area contributed by atoms with Gasteiger partial charge in [0.2, 0.25) is 24.3 Å². The SMILES string of the molecule is N=C=O.N=C=O.N=C=O.N=C=O.O=C(O)C(=O)O.O=P(O)(O)O. The highest BCUT2D eigenvalue weighted by Crippen LogP contribution is 2.25. The fourth-order valence-electron chi connectivity index (χ4n) is 0. The van der Waals surface area contributed by atoms with E-state index in [9.17, 15) is 0 Å². The first-order valence-electron chi connectivity index (χ1n) is 3.70. The number of rotatable bonds is 0. The van der Waals surface area contributed by atoms with Crippen LogP contribution in [-0.2, 0) is 33.3 Å². The molecule has 0 aliphatic carbocycles. The molecule has 0 amide bonds. The summed E-state index contributed by atoms with van der Waals surface area (Å²) in [5.74, 6) is -3.65. The third-order valence-electron chi connectivity index (χ3n) is 0.183. The maximum absolute atomic E-state index is 9.10. The van der Waals surface area contributed by atoms with Crippen molar-refractivity contribution in [3.8, 4) is 0 Å². The normalized spacial score (nSPS) is 5.87. The number of isocyanates is 4. The number of carboxylic acid groups (broad SMARTS) is 2. The summed E-state index contributed by atoms with van der Waals surface area (Å²) in [5, 5.41) is 36.4. The van der Waals surface area contributed by atoms with Crippen LogP contribution in [0.3, 0.4) is 0 Å². The van der Waals surface area contributed by atoms with Crippen molar-refractivity contribution < 1.29 is 58.2 Å². The topological polar surface area (TPSA) is 316 Å². The molecule has 0 unspecified atom stereocenters. The van der Waals surface area contributed by atoms with E-state index in [4.69, 9.17) is 79.9 Å². The molecule has 0 atom stereocenters. The Morgan fingerprint density at radius 3 is 0.696 bits per heavy atom. The Morgan fingerprint density at radius 1 is 0.652 bits per heavy atom. The molecule has 0 spiro atoms. The van der Waals surface area contributed by atoms with E-state index in [1.165, 1.54) is 0 Å². The van der Waals surface area contributed by atoms with E-state index in [1.54, 1.807) is 0 Å². The first-order chi connectivity index (χ1) is 10.3. The highest BCUT2D eigenvalue weighted by molar-refractivity contribution is 7.45. The van der Waals surface area contributed by atoms with Gasteiger partial charge in [-0.05, 0) is 0 Å². The van der Waals surface area contributed by atoms with Crippen LogP contribution in [0.15, 0.2) is 0 Å². The molecule has 0 aromatic carbocycles. The smallest absolute Gasteiger partial charge is 0.466 e. The number of nitrogens with one attached hydrogen (secondary N) is 4. The Bertz CT molecular complexity index is 417. The number of aliphatic carboxylic acids is 2. The minimum Gasteiger partial charge on any atom is -0.473 e. The van der Waals surface area contributed by atoms with E-state index in [1.807, 2.05) is 0 Å². The molecule has 0 saturated carbocycles. The predicted octanol–water partition coefficient (Wildman–Crippen LogP) is -2.17. The van der Waals surface area contributed by atoms with Crippen LogP contribution < -0.4 is 0 Å². The molecule has 0 aromatic heterocycles. The first kappa shape index (κ1) is 36.6. The summed E-state index contributed by atoms with van der Waals surface area (Å²) < 4.78 is 8.88. The Balaban J connectivity index is -0.0000000389. The van der Waals surface area contributed by atoms with Crippen molar-refractivity contribution in [2.24, 2.45) is 0 Å². The van der Waals surface area contributed by atoms with Gasteiger partial charge in [-0.2, -0.15) is 0 Å². The van der Waals surface area contributed by atoms with Crippen LogP contribution in [0.25, 0.3) is 0 Å². The zero-order chi connectivity index (χ0) is 20.5.